The van der Waals surface area contributed by atoms with Crippen molar-refractivity contribution in [1.29, 1.82) is 0 Å². The van der Waals surface area contributed by atoms with Crippen molar-refractivity contribution in [1.82, 2.24) is 10.6 Å². The van der Waals surface area contributed by atoms with E-state index < -0.39 is 12.7 Å². The first-order valence-corrected chi connectivity index (χ1v) is 9.92. The Labute approximate surface area is 204 Å². The van der Waals surface area contributed by atoms with Gasteiger partial charge in [0.15, 0.2) is 5.96 Å². The number of methoxy groups -OCH3 is 2. The van der Waals surface area contributed by atoms with Crippen LogP contribution in [-0.2, 0) is 6.42 Å². The fourth-order valence-electron chi connectivity index (χ4n) is 2.89. The quantitative estimate of drug-likeness (QED) is 0.219. The highest BCUT2D eigenvalue weighted by atomic mass is 127. The van der Waals surface area contributed by atoms with E-state index >= 15 is 0 Å². The second-order valence-electron chi connectivity index (χ2n) is 6.54. The third-order valence-corrected chi connectivity index (χ3v) is 4.43. The second kappa shape index (κ2) is 14.7. The summed E-state index contributed by atoms with van der Waals surface area (Å²) in [5.74, 6) is 2.13. The van der Waals surface area contributed by atoms with Crippen LogP contribution in [0.2, 0.25) is 0 Å². The molecule has 0 amide bonds. The Hall–Kier alpha value is -2.34. The van der Waals surface area contributed by atoms with Gasteiger partial charge in [0.05, 0.1) is 26.9 Å². The van der Waals surface area contributed by atoms with E-state index in [1.807, 2.05) is 25.1 Å². The van der Waals surface area contributed by atoms with Crippen LogP contribution in [-0.4, -0.2) is 51.5 Å². The van der Waals surface area contributed by atoms with Crippen LogP contribution in [0.25, 0.3) is 0 Å². The molecule has 7 nitrogen and oxygen atoms in total. The zero-order valence-electron chi connectivity index (χ0n) is 18.3. The van der Waals surface area contributed by atoms with E-state index in [0.29, 0.717) is 31.0 Å². The average Bonchev–Trinajstić information content (AvgIpc) is 2.77. The maximum atomic E-state index is 12.2. The first-order chi connectivity index (χ1) is 15.0. The Morgan fingerprint density at radius 3 is 2.31 bits per heavy atom. The summed E-state index contributed by atoms with van der Waals surface area (Å²) < 4.78 is 39.4. The number of benzene rings is 2. The molecule has 0 fully saturated rings. The van der Waals surface area contributed by atoms with Gasteiger partial charge >= 0.3 is 6.61 Å². The van der Waals surface area contributed by atoms with Gasteiger partial charge in [0.25, 0.3) is 0 Å². The van der Waals surface area contributed by atoms with Crippen molar-refractivity contribution >= 4 is 29.9 Å². The minimum atomic E-state index is -2.88. The highest BCUT2D eigenvalue weighted by molar-refractivity contribution is 14.0. The maximum absolute atomic E-state index is 12.2. The highest BCUT2D eigenvalue weighted by Crippen LogP contribution is 2.24. The summed E-state index contributed by atoms with van der Waals surface area (Å²) >= 11 is 0. The molecule has 0 bridgehead atoms. The topological polar surface area (TPSA) is 84.3 Å². The van der Waals surface area contributed by atoms with Crippen molar-refractivity contribution in [3.8, 4) is 17.2 Å². The first-order valence-electron chi connectivity index (χ1n) is 9.92. The Balaban J connectivity index is 0.00000512. The summed E-state index contributed by atoms with van der Waals surface area (Å²) in [6, 6.07) is 11.5. The van der Waals surface area contributed by atoms with Crippen molar-refractivity contribution in [2.75, 3.05) is 33.9 Å². The summed E-state index contributed by atoms with van der Waals surface area (Å²) in [5.41, 5.74) is 1.55. The lowest BCUT2D eigenvalue weighted by molar-refractivity contribution is -0.0498. The number of hydrogen-bond acceptors (Lipinski definition) is 5. The van der Waals surface area contributed by atoms with Crippen molar-refractivity contribution < 1.29 is 28.1 Å². The molecular formula is C22H30F2IN3O4. The summed E-state index contributed by atoms with van der Waals surface area (Å²) in [6.07, 6.45) is -0.201. The van der Waals surface area contributed by atoms with Crippen LogP contribution in [0.5, 0.6) is 17.2 Å². The summed E-state index contributed by atoms with van der Waals surface area (Å²) in [7, 11) is 3.24. The lowest BCUT2D eigenvalue weighted by Gasteiger charge is -2.15. The van der Waals surface area contributed by atoms with E-state index in [1.54, 1.807) is 14.2 Å². The highest BCUT2D eigenvalue weighted by Gasteiger charge is 2.10. The first kappa shape index (κ1) is 27.7. The van der Waals surface area contributed by atoms with E-state index in [-0.39, 0.29) is 36.3 Å². The van der Waals surface area contributed by atoms with Gasteiger partial charge in [-0.25, -0.2) is 0 Å². The van der Waals surface area contributed by atoms with Gasteiger partial charge < -0.3 is 30.0 Å². The van der Waals surface area contributed by atoms with Crippen LogP contribution >= 0.6 is 24.0 Å². The van der Waals surface area contributed by atoms with Gasteiger partial charge in [-0.2, -0.15) is 8.78 Å². The van der Waals surface area contributed by atoms with Gasteiger partial charge in [-0.3, -0.25) is 4.99 Å². The van der Waals surface area contributed by atoms with Gasteiger partial charge in [0.1, 0.15) is 17.2 Å². The summed E-state index contributed by atoms with van der Waals surface area (Å²) in [5, 5.41) is 16.7. The molecular weight excluding hydrogens is 535 g/mol. The number of nitrogens with one attached hydrogen (secondary N) is 2. The number of guanidine groups is 1. The smallest absolute Gasteiger partial charge is 0.387 e. The molecule has 10 heteroatoms. The van der Waals surface area contributed by atoms with Crippen LogP contribution in [0.15, 0.2) is 47.5 Å². The number of hydrogen-bond donors (Lipinski definition) is 3. The molecule has 1 unspecified atom stereocenters. The molecule has 1 atom stereocenters. The fourth-order valence-corrected chi connectivity index (χ4v) is 2.89. The molecule has 0 aliphatic heterocycles. The van der Waals surface area contributed by atoms with E-state index in [1.165, 1.54) is 24.3 Å². The minimum absolute atomic E-state index is 0. The molecule has 0 saturated heterocycles. The summed E-state index contributed by atoms with van der Waals surface area (Å²) in [6.45, 7) is 0.411. The molecule has 0 aromatic heterocycles. The molecule has 0 heterocycles. The van der Waals surface area contributed by atoms with Crippen molar-refractivity contribution in [2.24, 2.45) is 4.99 Å². The Morgan fingerprint density at radius 1 is 1.03 bits per heavy atom. The molecule has 2 aromatic rings. The van der Waals surface area contributed by atoms with E-state index in [9.17, 15) is 13.9 Å². The fraction of sp³-hybridized carbons (Fsp3) is 0.409. The molecule has 32 heavy (non-hydrogen) atoms. The van der Waals surface area contributed by atoms with Crippen LogP contribution in [0.1, 0.15) is 24.2 Å². The number of aliphatic hydroxyl groups excluding tert-OH is 1. The second-order valence-corrected chi connectivity index (χ2v) is 6.54. The van der Waals surface area contributed by atoms with Crippen molar-refractivity contribution in [3.63, 3.8) is 0 Å². The lowest BCUT2D eigenvalue weighted by Crippen LogP contribution is -2.38. The largest absolute Gasteiger partial charge is 0.497 e. The van der Waals surface area contributed by atoms with Gasteiger partial charge in [-0.05, 0) is 54.8 Å². The molecule has 2 rings (SSSR count). The van der Waals surface area contributed by atoms with E-state index in [4.69, 9.17) is 9.47 Å². The zero-order valence-corrected chi connectivity index (χ0v) is 20.6. The predicted molar refractivity (Wildman–Crippen MR) is 131 cm³/mol. The van der Waals surface area contributed by atoms with Gasteiger partial charge in [0, 0.05) is 13.1 Å². The van der Waals surface area contributed by atoms with E-state index in [0.717, 1.165) is 17.1 Å². The molecule has 178 valence electrons. The molecule has 3 N–H and O–H groups in total. The third kappa shape index (κ3) is 9.03. The van der Waals surface area contributed by atoms with Crippen LogP contribution in [0.4, 0.5) is 8.78 Å². The van der Waals surface area contributed by atoms with Crippen molar-refractivity contribution in [2.45, 2.75) is 26.1 Å². The third-order valence-electron chi connectivity index (χ3n) is 4.43. The Morgan fingerprint density at radius 2 is 1.72 bits per heavy atom. The number of aliphatic hydroxyl groups is 1. The number of aliphatic imine (C=N–C) groups is 1. The number of rotatable bonds is 11. The Bertz CT molecular complexity index is 838. The van der Waals surface area contributed by atoms with Crippen LogP contribution in [0, 0.1) is 0 Å². The zero-order chi connectivity index (χ0) is 22.6. The van der Waals surface area contributed by atoms with Crippen LogP contribution < -0.4 is 24.8 Å². The van der Waals surface area contributed by atoms with Gasteiger partial charge in [0.2, 0.25) is 0 Å². The normalized spacial score (nSPS) is 12.0. The number of alkyl halides is 2. The minimum Gasteiger partial charge on any atom is -0.497 e. The number of halogens is 3. The molecule has 0 radical (unpaired) electrons. The van der Waals surface area contributed by atoms with E-state index in [2.05, 4.69) is 20.4 Å². The van der Waals surface area contributed by atoms with Gasteiger partial charge in [-0.15, -0.1) is 24.0 Å². The lowest BCUT2D eigenvalue weighted by atomic mass is 10.1. The standard InChI is InChI=1S/C22H29F2N3O4.HI/c1-4-25-22(26-12-11-16-13-18(29-2)9-10-20(16)30-3)27-14-19(28)15-5-7-17(8-6-15)31-21(23)24;/h5-10,13,19,21,28H,4,11-12,14H2,1-3H3,(H2,25,26,27);1H. The molecule has 2 aromatic carbocycles. The van der Waals surface area contributed by atoms with Crippen molar-refractivity contribution in [3.05, 3.63) is 53.6 Å². The number of nitrogens with zero attached hydrogens (tertiary/aromatic N) is 1. The monoisotopic (exact) mass is 565 g/mol. The Kier molecular flexibility index (Phi) is 12.7. The molecule has 0 saturated carbocycles. The predicted octanol–water partition coefficient (Wildman–Crippen LogP) is 3.75. The molecule has 0 aliphatic rings. The van der Waals surface area contributed by atoms with Gasteiger partial charge in [-0.1, -0.05) is 12.1 Å². The van der Waals surface area contributed by atoms with Crippen LogP contribution in [0.3, 0.4) is 0 Å². The number of ether oxygens (including phenoxy) is 3. The average molecular weight is 565 g/mol. The molecule has 0 spiro atoms. The SMILES string of the molecule is CCNC(=NCC(O)c1ccc(OC(F)F)cc1)NCCc1cc(OC)ccc1OC.I. The molecule has 0 aliphatic carbocycles. The summed E-state index contributed by atoms with van der Waals surface area (Å²) in [4.78, 5) is 4.41. The maximum Gasteiger partial charge on any atom is 0.387 e.